The van der Waals surface area contributed by atoms with Crippen molar-refractivity contribution in [1.82, 2.24) is 0 Å². The Morgan fingerprint density at radius 3 is 2.85 bits per heavy atom. The Labute approximate surface area is 117 Å². The Hall–Kier alpha value is -2.21. The first-order chi connectivity index (χ1) is 9.60. The van der Waals surface area contributed by atoms with Gasteiger partial charge in [0.25, 0.3) is 0 Å². The molecule has 2 aliphatic rings. The Kier molecular flexibility index (Phi) is 2.83. The van der Waals surface area contributed by atoms with Crippen LogP contribution in [0.2, 0.25) is 0 Å². The van der Waals surface area contributed by atoms with E-state index in [2.05, 4.69) is 12.1 Å². The number of allylic oxidation sites excluding steroid dienone is 2. The molecule has 2 aliphatic carbocycles. The quantitative estimate of drug-likeness (QED) is 0.579. The first kappa shape index (κ1) is 12.8. The molecule has 0 saturated heterocycles. The van der Waals surface area contributed by atoms with Crippen molar-refractivity contribution in [3.8, 4) is 6.07 Å². The SMILES string of the molecule is CC1=CCC2(CC#N)c3ccccc3C(=O)C(=O)C2C1. The minimum absolute atomic E-state index is 0.275. The van der Waals surface area contributed by atoms with Gasteiger partial charge in [0.1, 0.15) is 0 Å². The second kappa shape index (κ2) is 4.42. The lowest BCUT2D eigenvalue weighted by molar-refractivity contribution is -0.121. The molecule has 3 heteroatoms. The lowest BCUT2D eigenvalue weighted by Gasteiger charge is -2.44. The van der Waals surface area contributed by atoms with Crippen LogP contribution in [0.4, 0.5) is 0 Å². The standard InChI is InChI=1S/C17H15NO2/c1-11-6-7-17(8-9-18)13-5-3-2-4-12(13)15(19)16(20)14(17)10-11/h2-6,14H,7-8,10H2,1H3. The monoisotopic (exact) mass is 265 g/mol. The zero-order valence-electron chi connectivity index (χ0n) is 11.3. The highest BCUT2D eigenvalue weighted by Crippen LogP contribution is 2.50. The van der Waals surface area contributed by atoms with Crippen LogP contribution in [0.5, 0.6) is 0 Å². The van der Waals surface area contributed by atoms with Crippen molar-refractivity contribution in [2.75, 3.05) is 0 Å². The number of fused-ring (bicyclic) bond motifs is 3. The smallest absolute Gasteiger partial charge is 0.229 e. The van der Waals surface area contributed by atoms with Crippen LogP contribution in [0.25, 0.3) is 0 Å². The summed E-state index contributed by atoms with van der Waals surface area (Å²) in [6.45, 7) is 1.98. The van der Waals surface area contributed by atoms with Crippen LogP contribution in [0.3, 0.4) is 0 Å². The fourth-order valence-electron chi connectivity index (χ4n) is 3.58. The third-order valence-electron chi connectivity index (χ3n) is 4.65. The molecule has 1 aromatic rings. The van der Waals surface area contributed by atoms with E-state index >= 15 is 0 Å². The van der Waals surface area contributed by atoms with E-state index in [1.165, 1.54) is 0 Å². The summed E-state index contributed by atoms with van der Waals surface area (Å²) < 4.78 is 0. The van der Waals surface area contributed by atoms with Gasteiger partial charge in [0.2, 0.25) is 11.6 Å². The van der Waals surface area contributed by atoms with Gasteiger partial charge in [-0.15, -0.1) is 0 Å². The molecule has 0 spiro atoms. The predicted octanol–water partition coefficient (Wildman–Crippen LogP) is 2.96. The molecule has 0 N–H and O–H groups in total. The van der Waals surface area contributed by atoms with Gasteiger partial charge in [-0.05, 0) is 25.3 Å². The van der Waals surface area contributed by atoms with Crippen molar-refractivity contribution in [2.24, 2.45) is 5.92 Å². The first-order valence-corrected chi connectivity index (χ1v) is 6.81. The van der Waals surface area contributed by atoms with Crippen LogP contribution in [0.1, 0.15) is 42.1 Å². The van der Waals surface area contributed by atoms with E-state index in [4.69, 9.17) is 0 Å². The molecule has 0 fully saturated rings. The minimum Gasteiger partial charge on any atom is -0.290 e. The predicted molar refractivity (Wildman–Crippen MR) is 74.2 cm³/mol. The zero-order valence-corrected chi connectivity index (χ0v) is 11.3. The molecule has 0 aliphatic heterocycles. The van der Waals surface area contributed by atoms with Crippen molar-refractivity contribution in [3.05, 3.63) is 47.0 Å². The maximum Gasteiger partial charge on any atom is 0.229 e. The van der Waals surface area contributed by atoms with Crippen LogP contribution in [-0.2, 0) is 10.2 Å². The van der Waals surface area contributed by atoms with E-state index in [0.717, 1.165) is 11.1 Å². The second-order valence-corrected chi connectivity index (χ2v) is 5.74. The summed E-state index contributed by atoms with van der Waals surface area (Å²) in [4.78, 5) is 24.7. The van der Waals surface area contributed by atoms with Crippen molar-refractivity contribution in [1.29, 1.82) is 5.26 Å². The Bertz CT molecular complexity index is 680. The second-order valence-electron chi connectivity index (χ2n) is 5.74. The molecule has 3 nitrogen and oxygen atoms in total. The molecule has 2 atom stereocenters. The lowest BCUT2D eigenvalue weighted by atomic mass is 9.56. The fraction of sp³-hybridized carbons (Fsp3) is 0.353. The van der Waals surface area contributed by atoms with Crippen LogP contribution in [0, 0.1) is 17.2 Å². The summed E-state index contributed by atoms with van der Waals surface area (Å²) in [5.74, 6) is -1.10. The summed E-state index contributed by atoms with van der Waals surface area (Å²) >= 11 is 0. The highest BCUT2D eigenvalue weighted by atomic mass is 16.2. The van der Waals surface area contributed by atoms with E-state index in [1.54, 1.807) is 12.1 Å². The number of carbonyl (C=O) groups is 2. The molecule has 0 heterocycles. The summed E-state index contributed by atoms with van der Waals surface area (Å²) in [6, 6.07) is 9.48. The average Bonchev–Trinajstić information content (AvgIpc) is 2.47. The zero-order chi connectivity index (χ0) is 14.3. The molecule has 1 aromatic carbocycles. The molecule has 0 amide bonds. The van der Waals surface area contributed by atoms with Gasteiger partial charge in [0.05, 0.1) is 6.07 Å². The fourth-order valence-corrected chi connectivity index (χ4v) is 3.58. The maximum absolute atomic E-state index is 12.5. The number of nitriles is 1. The highest BCUT2D eigenvalue weighted by molar-refractivity contribution is 6.46. The maximum atomic E-state index is 12.5. The average molecular weight is 265 g/mol. The molecular formula is C17H15NO2. The number of hydrogen-bond acceptors (Lipinski definition) is 3. The van der Waals surface area contributed by atoms with Gasteiger partial charge < -0.3 is 0 Å². The molecule has 100 valence electrons. The van der Waals surface area contributed by atoms with Crippen LogP contribution >= 0.6 is 0 Å². The van der Waals surface area contributed by atoms with Gasteiger partial charge in [0.15, 0.2) is 0 Å². The summed E-state index contributed by atoms with van der Waals surface area (Å²) in [6.07, 6.45) is 3.62. The van der Waals surface area contributed by atoms with Crippen molar-refractivity contribution in [3.63, 3.8) is 0 Å². The van der Waals surface area contributed by atoms with Crippen LogP contribution in [0.15, 0.2) is 35.9 Å². The summed E-state index contributed by atoms with van der Waals surface area (Å²) in [7, 11) is 0. The third-order valence-corrected chi connectivity index (χ3v) is 4.65. The van der Waals surface area contributed by atoms with E-state index in [-0.39, 0.29) is 18.1 Å². The van der Waals surface area contributed by atoms with E-state index in [9.17, 15) is 14.9 Å². The Morgan fingerprint density at radius 1 is 1.35 bits per heavy atom. The van der Waals surface area contributed by atoms with Crippen molar-refractivity contribution in [2.45, 2.75) is 31.6 Å². The number of nitrogens with zero attached hydrogens (tertiary/aromatic N) is 1. The van der Waals surface area contributed by atoms with Crippen molar-refractivity contribution < 1.29 is 9.59 Å². The topological polar surface area (TPSA) is 57.9 Å². The van der Waals surface area contributed by atoms with Crippen LogP contribution in [-0.4, -0.2) is 11.6 Å². The minimum atomic E-state index is -0.518. The van der Waals surface area contributed by atoms with E-state index in [0.29, 0.717) is 18.4 Å². The van der Waals surface area contributed by atoms with Gasteiger partial charge in [0, 0.05) is 23.3 Å². The first-order valence-electron chi connectivity index (χ1n) is 6.81. The normalized spacial score (nSPS) is 28.2. The number of rotatable bonds is 1. The van der Waals surface area contributed by atoms with Gasteiger partial charge in [-0.1, -0.05) is 35.9 Å². The molecule has 2 unspecified atom stereocenters. The van der Waals surface area contributed by atoms with Gasteiger partial charge in [-0.25, -0.2) is 0 Å². The number of benzene rings is 1. The third kappa shape index (κ3) is 1.58. The van der Waals surface area contributed by atoms with E-state index in [1.807, 2.05) is 19.1 Å². The Balaban J connectivity index is 2.28. The molecule has 0 aromatic heterocycles. The molecule has 3 rings (SSSR count). The number of Topliss-reactive ketones (excluding diaryl/α,β-unsaturated/α-hetero) is 2. The molecule has 20 heavy (non-hydrogen) atoms. The van der Waals surface area contributed by atoms with Crippen molar-refractivity contribution >= 4 is 11.6 Å². The number of carbonyl (C=O) groups excluding carboxylic acids is 2. The molecular weight excluding hydrogens is 250 g/mol. The molecule has 0 saturated carbocycles. The number of hydrogen-bond donors (Lipinski definition) is 0. The van der Waals surface area contributed by atoms with Gasteiger partial charge in [-0.2, -0.15) is 5.26 Å². The highest BCUT2D eigenvalue weighted by Gasteiger charge is 2.52. The van der Waals surface area contributed by atoms with Crippen LogP contribution < -0.4 is 0 Å². The molecule has 0 radical (unpaired) electrons. The summed E-state index contributed by atoms with van der Waals surface area (Å²) in [5.41, 5.74) is 1.97. The lowest BCUT2D eigenvalue weighted by Crippen LogP contribution is -2.49. The van der Waals surface area contributed by atoms with Gasteiger partial charge in [-0.3, -0.25) is 9.59 Å². The molecule has 0 bridgehead atoms. The largest absolute Gasteiger partial charge is 0.290 e. The Morgan fingerprint density at radius 2 is 2.10 bits per heavy atom. The summed E-state index contributed by atoms with van der Waals surface area (Å²) in [5, 5.41) is 9.23. The number of ketones is 2. The van der Waals surface area contributed by atoms with Gasteiger partial charge >= 0.3 is 0 Å². The van der Waals surface area contributed by atoms with E-state index < -0.39 is 11.2 Å².